The molecule has 0 heteroatoms. The van der Waals surface area contributed by atoms with Gasteiger partial charge in [-0.3, -0.25) is 0 Å². The molecule has 0 heterocycles. The van der Waals surface area contributed by atoms with E-state index in [0.717, 1.165) is 12.3 Å². The van der Waals surface area contributed by atoms with E-state index in [9.17, 15) is 0 Å². The van der Waals surface area contributed by atoms with E-state index in [1.54, 1.807) is 0 Å². The molecule has 0 nitrogen and oxygen atoms in total. The Hall–Kier alpha value is 0. The van der Waals surface area contributed by atoms with Crippen molar-refractivity contribution < 1.29 is 0 Å². The summed E-state index contributed by atoms with van der Waals surface area (Å²) in [6.07, 6.45) is 7.95. The second-order valence-corrected chi connectivity index (χ2v) is 3.24. The van der Waals surface area contributed by atoms with Crippen LogP contribution in [0.4, 0.5) is 0 Å². The smallest absolute Gasteiger partial charge is 0.0443 e. The van der Waals surface area contributed by atoms with Gasteiger partial charge in [0.1, 0.15) is 0 Å². The molecule has 0 aromatic rings. The van der Waals surface area contributed by atoms with Crippen LogP contribution in [0.1, 0.15) is 52.4 Å². The third-order valence-electron chi connectivity index (χ3n) is 2.00. The fourth-order valence-corrected chi connectivity index (χ4v) is 1.19. The molecule has 0 aromatic heterocycles. The summed E-state index contributed by atoms with van der Waals surface area (Å²) in [6.45, 7) is 8.45. The van der Waals surface area contributed by atoms with Crippen molar-refractivity contribution in [2.24, 2.45) is 5.92 Å². The lowest BCUT2D eigenvalue weighted by molar-refractivity contribution is 0.458. The van der Waals surface area contributed by atoms with Crippen LogP contribution in [0, 0.1) is 12.8 Å². The van der Waals surface area contributed by atoms with Gasteiger partial charge in [0.25, 0.3) is 0 Å². The van der Waals surface area contributed by atoms with E-state index in [2.05, 4.69) is 20.8 Å². The van der Waals surface area contributed by atoms with Gasteiger partial charge >= 0.3 is 0 Å². The monoisotopic (exact) mass is 141 g/mol. The SMILES string of the molecule is [CH2]CCCC(C)CCCC. The molecule has 0 N–H and O–H groups in total. The molecule has 0 aromatic carbocycles. The maximum atomic E-state index is 3.84. The van der Waals surface area contributed by atoms with Crippen molar-refractivity contribution in [1.82, 2.24) is 0 Å². The van der Waals surface area contributed by atoms with Crippen LogP contribution in [0.3, 0.4) is 0 Å². The molecule has 10 heavy (non-hydrogen) atoms. The van der Waals surface area contributed by atoms with Crippen LogP contribution < -0.4 is 0 Å². The maximum Gasteiger partial charge on any atom is -0.0443 e. The molecule has 0 spiro atoms. The first-order valence-electron chi connectivity index (χ1n) is 4.60. The summed E-state index contributed by atoms with van der Waals surface area (Å²) in [4.78, 5) is 0. The van der Waals surface area contributed by atoms with Gasteiger partial charge < -0.3 is 0 Å². The lowest BCUT2D eigenvalue weighted by Gasteiger charge is -2.08. The van der Waals surface area contributed by atoms with Crippen LogP contribution >= 0.6 is 0 Å². The van der Waals surface area contributed by atoms with Gasteiger partial charge in [-0.15, -0.1) is 0 Å². The van der Waals surface area contributed by atoms with Crippen molar-refractivity contribution in [3.63, 3.8) is 0 Å². The van der Waals surface area contributed by atoms with E-state index >= 15 is 0 Å². The average Bonchev–Trinajstić information content (AvgIpc) is 1.97. The topological polar surface area (TPSA) is 0 Å². The van der Waals surface area contributed by atoms with Gasteiger partial charge in [-0.1, -0.05) is 59.3 Å². The summed E-state index contributed by atoms with van der Waals surface area (Å²) >= 11 is 0. The van der Waals surface area contributed by atoms with Crippen molar-refractivity contribution in [3.8, 4) is 0 Å². The van der Waals surface area contributed by atoms with E-state index < -0.39 is 0 Å². The van der Waals surface area contributed by atoms with Gasteiger partial charge in [-0.05, 0) is 5.92 Å². The summed E-state index contributed by atoms with van der Waals surface area (Å²) in [6, 6.07) is 0. The van der Waals surface area contributed by atoms with Gasteiger partial charge in [0.15, 0.2) is 0 Å². The molecule has 1 radical (unpaired) electrons. The van der Waals surface area contributed by atoms with E-state index in [-0.39, 0.29) is 0 Å². The fraction of sp³-hybridized carbons (Fsp3) is 0.900. The summed E-state index contributed by atoms with van der Waals surface area (Å²) in [5.74, 6) is 0.932. The third kappa shape index (κ3) is 6.12. The van der Waals surface area contributed by atoms with Crippen molar-refractivity contribution in [1.29, 1.82) is 0 Å². The van der Waals surface area contributed by atoms with Gasteiger partial charge in [-0.2, -0.15) is 0 Å². The highest BCUT2D eigenvalue weighted by atomic mass is 14.0. The van der Waals surface area contributed by atoms with Crippen molar-refractivity contribution in [2.75, 3.05) is 0 Å². The van der Waals surface area contributed by atoms with E-state index in [0.29, 0.717) is 0 Å². The third-order valence-corrected chi connectivity index (χ3v) is 2.00. The molecular weight excluding hydrogens is 120 g/mol. The minimum atomic E-state index is 0.932. The molecule has 61 valence electrons. The Morgan fingerprint density at radius 1 is 1.20 bits per heavy atom. The second kappa shape index (κ2) is 7.11. The number of rotatable bonds is 6. The largest absolute Gasteiger partial charge is 0.0654 e. The molecule has 0 bridgehead atoms. The minimum absolute atomic E-state index is 0.932. The number of unbranched alkanes of at least 4 members (excludes halogenated alkanes) is 2. The van der Waals surface area contributed by atoms with Gasteiger partial charge in [0.05, 0.1) is 0 Å². The predicted molar refractivity (Wildman–Crippen MR) is 47.9 cm³/mol. The van der Waals surface area contributed by atoms with Gasteiger partial charge in [0, 0.05) is 0 Å². The van der Waals surface area contributed by atoms with E-state index in [1.165, 1.54) is 32.1 Å². The standard InChI is InChI=1S/C10H21/c1-4-6-8-10(3)9-7-5-2/h10H,1,4-9H2,2-3H3. The Morgan fingerprint density at radius 2 is 1.80 bits per heavy atom. The predicted octanol–water partition coefficient (Wildman–Crippen LogP) is 3.82. The zero-order chi connectivity index (χ0) is 7.82. The molecular formula is C10H21. The molecule has 0 amide bonds. The Labute approximate surface area is 66.0 Å². The highest BCUT2D eigenvalue weighted by molar-refractivity contribution is 4.53. The molecule has 0 fully saturated rings. The first-order valence-corrected chi connectivity index (χ1v) is 4.60. The number of hydrogen-bond donors (Lipinski definition) is 0. The Bertz CT molecular complexity index is 49.1. The van der Waals surface area contributed by atoms with Crippen molar-refractivity contribution in [2.45, 2.75) is 52.4 Å². The first kappa shape index (κ1) is 10.0. The summed E-state index contributed by atoms with van der Waals surface area (Å²) < 4.78 is 0. The number of hydrogen-bond acceptors (Lipinski definition) is 0. The van der Waals surface area contributed by atoms with Crippen LogP contribution in [-0.4, -0.2) is 0 Å². The quantitative estimate of drug-likeness (QED) is 0.527. The van der Waals surface area contributed by atoms with Gasteiger partial charge in [0.2, 0.25) is 0 Å². The van der Waals surface area contributed by atoms with Crippen LogP contribution in [-0.2, 0) is 0 Å². The molecule has 0 saturated carbocycles. The van der Waals surface area contributed by atoms with Crippen LogP contribution in [0.25, 0.3) is 0 Å². The fourth-order valence-electron chi connectivity index (χ4n) is 1.19. The molecule has 0 aliphatic rings. The maximum absolute atomic E-state index is 3.84. The molecule has 1 unspecified atom stereocenters. The zero-order valence-electron chi connectivity index (χ0n) is 7.53. The van der Waals surface area contributed by atoms with Crippen molar-refractivity contribution >= 4 is 0 Å². The Kier molecular flexibility index (Phi) is 7.11. The van der Waals surface area contributed by atoms with E-state index in [4.69, 9.17) is 0 Å². The summed E-state index contributed by atoms with van der Waals surface area (Å²) in [5, 5.41) is 0. The molecule has 0 saturated heterocycles. The van der Waals surface area contributed by atoms with Crippen LogP contribution in [0.15, 0.2) is 0 Å². The van der Waals surface area contributed by atoms with Crippen molar-refractivity contribution in [3.05, 3.63) is 6.92 Å². The highest BCUT2D eigenvalue weighted by Crippen LogP contribution is 2.14. The summed E-state index contributed by atoms with van der Waals surface area (Å²) in [7, 11) is 0. The Morgan fingerprint density at radius 3 is 2.30 bits per heavy atom. The zero-order valence-corrected chi connectivity index (χ0v) is 7.53. The van der Waals surface area contributed by atoms with Crippen LogP contribution in [0.5, 0.6) is 0 Å². The Balaban J connectivity index is 3.00. The molecule has 0 aliphatic heterocycles. The lowest BCUT2D eigenvalue weighted by Crippen LogP contribution is -1.93. The molecule has 1 atom stereocenters. The van der Waals surface area contributed by atoms with Gasteiger partial charge in [-0.25, -0.2) is 0 Å². The van der Waals surface area contributed by atoms with Crippen LogP contribution in [0.2, 0.25) is 0 Å². The summed E-state index contributed by atoms with van der Waals surface area (Å²) in [5.41, 5.74) is 0. The molecule has 0 rings (SSSR count). The molecule has 0 aliphatic carbocycles. The average molecular weight is 141 g/mol. The second-order valence-electron chi connectivity index (χ2n) is 3.24. The lowest BCUT2D eigenvalue weighted by atomic mass is 9.98. The normalized spacial score (nSPS) is 10.8. The van der Waals surface area contributed by atoms with E-state index in [1.807, 2.05) is 0 Å². The highest BCUT2D eigenvalue weighted by Gasteiger charge is 1.98. The minimum Gasteiger partial charge on any atom is -0.0654 e. The first-order chi connectivity index (χ1) is 4.81.